The van der Waals surface area contributed by atoms with E-state index in [9.17, 15) is 14.0 Å². The molecule has 1 aromatic carbocycles. The van der Waals surface area contributed by atoms with Crippen LogP contribution in [-0.2, 0) is 4.79 Å². The predicted octanol–water partition coefficient (Wildman–Crippen LogP) is 2.76. The molecule has 3 amide bonds. The van der Waals surface area contributed by atoms with Gasteiger partial charge in [-0.3, -0.25) is 4.79 Å². The molecule has 23 heavy (non-hydrogen) atoms. The quantitative estimate of drug-likeness (QED) is 0.876. The summed E-state index contributed by atoms with van der Waals surface area (Å²) in [5, 5.41) is 2.93. The lowest BCUT2D eigenvalue weighted by molar-refractivity contribution is -0.117. The molecule has 1 atom stereocenters. The Kier molecular flexibility index (Phi) is 5.96. The van der Waals surface area contributed by atoms with Crippen molar-refractivity contribution >= 4 is 17.6 Å². The molecule has 0 aromatic heterocycles. The largest absolute Gasteiger partial charge is 0.333 e. The average Bonchev–Trinajstić information content (AvgIpc) is 2.89. The zero-order chi connectivity index (χ0) is 16.8. The van der Waals surface area contributed by atoms with Crippen LogP contribution in [0.5, 0.6) is 0 Å². The van der Waals surface area contributed by atoms with Crippen molar-refractivity contribution in [2.45, 2.75) is 39.2 Å². The van der Waals surface area contributed by atoms with Crippen molar-refractivity contribution < 1.29 is 14.0 Å². The van der Waals surface area contributed by atoms with Gasteiger partial charge in [-0.15, -0.1) is 0 Å². The fourth-order valence-corrected chi connectivity index (χ4v) is 2.69. The molecule has 0 unspecified atom stereocenters. The molecule has 6 heteroatoms. The van der Waals surface area contributed by atoms with Crippen LogP contribution in [0.4, 0.5) is 14.9 Å². The fourth-order valence-electron chi connectivity index (χ4n) is 2.69. The molecule has 0 saturated carbocycles. The third kappa shape index (κ3) is 4.43. The van der Waals surface area contributed by atoms with Gasteiger partial charge in [-0.1, -0.05) is 13.3 Å². The highest BCUT2D eigenvalue weighted by atomic mass is 19.1. The van der Waals surface area contributed by atoms with Crippen molar-refractivity contribution in [3.63, 3.8) is 0 Å². The van der Waals surface area contributed by atoms with E-state index in [0.29, 0.717) is 18.8 Å². The third-order valence-corrected chi connectivity index (χ3v) is 4.04. The van der Waals surface area contributed by atoms with Gasteiger partial charge in [-0.25, -0.2) is 9.18 Å². The zero-order valence-electron chi connectivity index (χ0n) is 13.7. The lowest BCUT2D eigenvalue weighted by atomic mass is 10.2. The van der Waals surface area contributed by atoms with E-state index < -0.39 is 0 Å². The standard InChI is InChI=1S/C17H24FN3O2/c1-3-5-10-20(4-2)17(23)19-14-11-16(22)21(12-14)15-8-6-13(18)7-9-15/h6-9,14H,3-5,10-12H2,1-2H3,(H,19,23)/t14-/m0/s1. The zero-order valence-corrected chi connectivity index (χ0v) is 13.7. The van der Waals surface area contributed by atoms with E-state index in [4.69, 9.17) is 0 Å². The molecular weight excluding hydrogens is 297 g/mol. The molecule has 5 nitrogen and oxygen atoms in total. The van der Waals surface area contributed by atoms with Crippen molar-refractivity contribution in [1.29, 1.82) is 0 Å². The SMILES string of the molecule is CCCCN(CC)C(=O)N[C@H]1CC(=O)N(c2ccc(F)cc2)C1. The van der Waals surface area contributed by atoms with Gasteiger partial charge in [-0.2, -0.15) is 0 Å². The summed E-state index contributed by atoms with van der Waals surface area (Å²) in [5.41, 5.74) is 0.659. The van der Waals surface area contributed by atoms with Gasteiger partial charge in [0, 0.05) is 31.7 Å². The smallest absolute Gasteiger partial charge is 0.317 e. The number of hydrogen-bond donors (Lipinski definition) is 1. The summed E-state index contributed by atoms with van der Waals surface area (Å²) in [6, 6.07) is 5.49. The van der Waals surface area contributed by atoms with Crippen molar-refractivity contribution in [2.24, 2.45) is 0 Å². The Balaban J connectivity index is 1.94. The first kappa shape index (κ1) is 17.2. The first-order valence-electron chi connectivity index (χ1n) is 8.16. The van der Waals surface area contributed by atoms with E-state index in [1.54, 1.807) is 21.9 Å². The Bertz CT molecular complexity index is 547. The summed E-state index contributed by atoms with van der Waals surface area (Å²) in [6.07, 6.45) is 2.27. The Labute approximate surface area is 136 Å². The lowest BCUT2D eigenvalue weighted by Gasteiger charge is -2.23. The molecule has 1 fully saturated rings. The van der Waals surface area contributed by atoms with Gasteiger partial charge < -0.3 is 15.1 Å². The molecule has 1 aromatic rings. The van der Waals surface area contributed by atoms with Crippen LogP contribution in [0.3, 0.4) is 0 Å². The van der Waals surface area contributed by atoms with Crippen molar-refractivity contribution in [1.82, 2.24) is 10.2 Å². The second-order valence-electron chi connectivity index (χ2n) is 5.76. The number of nitrogens with zero attached hydrogens (tertiary/aromatic N) is 2. The second-order valence-corrected chi connectivity index (χ2v) is 5.76. The molecular formula is C17H24FN3O2. The Hall–Kier alpha value is -2.11. The van der Waals surface area contributed by atoms with Crippen LogP contribution >= 0.6 is 0 Å². The minimum Gasteiger partial charge on any atom is -0.333 e. The minimum absolute atomic E-state index is 0.0569. The van der Waals surface area contributed by atoms with Gasteiger partial charge in [0.1, 0.15) is 5.82 Å². The maximum Gasteiger partial charge on any atom is 0.317 e. The van der Waals surface area contributed by atoms with E-state index >= 15 is 0 Å². The molecule has 126 valence electrons. The monoisotopic (exact) mass is 321 g/mol. The van der Waals surface area contributed by atoms with E-state index in [2.05, 4.69) is 12.2 Å². The normalized spacial score (nSPS) is 17.4. The van der Waals surface area contributed by atoms with E-state index in [1.165, 1.54) is 12.1 Å². The number of amides is 3. The highest BCUT2D eigenvalue weighted by Gasteiger charge is 2.32. The minimum atomic E-state index is -0.334. The van der Waals surface area contributed by atoms with E-state index in [1.807, 2.05) is 6.92 Å². The fraction of sp³-hybridized carbons (Fsp3) is 0.529. The molecule has 1 N–H and O–H groups in total. The molecule has 0 radical (unpaired) electrons. The molecule has 1 aliphatic rings. The number of carbonyl (C=O) groups excluding carboxylic acids is 2. The van der Waals surface area contributed by atoms with Crippen molar-refractivity contribution in [3.8, 4) is 0 Å². The van der Waals surface area contributed by atoms with Gasteiger partial charge in [0.25, 0.3) is 0 Å². The number of benzene rings is 1. The molecule has 2 rings (SSSR count). The van der Waals surface area contributed by atoms with Gasteiger partial charge >= 0.3 is 6.03 Å². The van der Waals surface area contributed by atoms with Crippen molar-refractivity contribution in [2.75, 3.05) is 24.5 Å². The summed E-state index contributed by atoms with van der Waals surface area (Å²) < 4.78 is 13.0. The number of nitrogens with one attached hydrogen (secondary N) is 1. The summed E-state index contributed by atoms with van der Waals surface area (Å²) in [5.74, 6) is -0.390. The molecule has 0 bridgehead atoms. The van der Waals surface area contributed by atoms with Crippen LogP contribution in [0.2, 0.25) is 0 Å². The van der Waals surface area contributed by atoms with E-state index in [0.717, 1.165) is 19.4 Å². The third-order valence-electron chi connectivity index (χ3n) is 4.04. The molecule has 0 spiro atoms. The van der Waals surface area contributed by atoms with Crippen molar-refractivity contribution in [3.05, 3.63) is 30.1 Å². The summed E-state index contributed by atoms with van der Waals surface area (Å²) in [7, 11) is 0. The summed E-state index contributed by atoms with van der Waals surface area (Å²) >= 11 is 0. The highest BCUT2D eigenvalue weighted by Crippen LogP contribution is 2.21. The van der Waals surface area contributed by atoms with Gasteiger partial charge in [0.2, 0.25) is 5.91 Å². The molecule has 1 heterocycles. The maximum atomic E-state index is 13.0. The second kappa shape index (κ2) is 7.94. The first-order valence-corrected chi connectivity index (χ1v) is 8.16. The van der Waals surface area contributed by atoms with Crippen LogP contribution < -0.4 is 10.2 Å². The lowest BCUT2D eigenvalue weighted by Crippen LogP contribution is -2.46. The van der Waals surface area contributed by atoms with Crippen LogP contribution in [0.15, 0.2) is 24.3 Å². The predicted molar refractivity (Wildman–Crippen MR) is 87.8 cm³/mol. The van der Waals surface area contributed by atoms with Crippen LogP contribution in [0.25, 0.3) is 0 Å². The number of unbranched alkanes of at least 4 members (excludes halogenated alkanes) is 1. The number of carbonyl (C=O) groups is 2. The van der Waals surface area contributed by atoms with Crippen LogP contribution in [0, 0.1) is 5.82 Å². The first-order chi connectivity index (χ1) is 11.0. The highest BCUT2D eigenvalue weighted by molar-refractivity contribution is 5.96. The van der Waals surface area contributed by atoms with E-state index in [-0.39, 0.29) is 30.2 Å². The maximum absolute atomic E-state index is 13.0. The van der Waals surface area contributed by atoms with Crippen LogP contribution in [0.1, 0.15) is 33.1 Å². The average molecular weight is 321 g/mol. The number of halogens is 1. The molecule has 1 saturated heterocycles. The van der Waals surface area contributed by atoms with Gasteiger partial charge in [0.15, 0.2) is 0 Å². The molecule has 1 aliphatic heterocycles. The Morgan fingerprint density at radius 1 is 1.35 bits per heavy atom. The number of rotatable bonds is 6. The van der Waals surface area contributed by atoms with Gasteiger partial charge in [0.05, 0.1) is 6.04 Å². The Morgan fingerprint density at radius 2 is 2.04 bits per heavy atom. The Morgan fingerprint density at radius 3 is 2.65 bits per heavy atom. The number of urea groups is 1. The number of anilines is 1. The van der Waals surface area contributed by atoms with Crippen LogP contribution in [-0.4, -0.2) is 42.5 Å². The number of hydrogen-bond acceptors (Lipinski definition) is 2. The summed E-state index contributed by atoms with van der Waals surface area (Å²) in [6.45, 7) is 5.82. The molecule has 0 aliphatic carbocycles. The summed E-state index contributed by atoms with van der Waals surface area (Å²) in [4.78, 5) is 27.7. The van der Waals surface area contributed by atoms with Gasteiger partial charge in [-0.05, 0) is 37.6 Å². The topological polar surface area (TPSA) is 52.7 Å².